The summed E-state index contributed by atoms with van der Waals surface area (Å²) in [6.45, 7) is 5.07. The second kappa shape index (κ2) is 5.47. The maximum absolute atomic E-state index is 11.5. The third-order valence-corrected chi connectivity index (χ3v) is 1.91. The molecule has 1 aromatic rings. The monoisotopic (exact) mass is 266 g/mol. The van der Waals surface area contributed by atoms with Crippen molar-refractivity contribution < 1.29 is 24.2 Å². The maximum Gasteiger partial charge on any atom is 0.413 e. The van der Waals surface area contributed by atoms with Gasteiger partial charge in [-0.2, -0.15) is 0 Å². The van der Waals surface area contributed by atoms with Crippen LogP contribution in [0.15, 0.2) is 12.3 Å². The number of carboxylic acid groups (broad SMARTS) is 1. The molecule has 1 amide bonds. The Kier molecular flexibility index (Phi) is 4.21. The number of anilines is 1. The van der Waals surface area contributed by atoms with E-state index in [1.54, 1.807) is 20.8 Å². The van der Waals surface area contributed by atoms with E-state index in [-0.39, 0.29) is 16.9 Å². The number of carboxylic acids is 1. The minimum atomic E-state index is -1.21. The van der Waals surface area contributed by atoms with Gasteiger partial charge in [0.25, 0.3) is 0 Å². The molecule has 0 aromatic carbocycles. The molecular formula is C12H14N2O5. The molecule has 0 atom stereocenters. The molecule has 2 N–H and O–H groups in total. The van der Waals surface area contributed by atoms with E-state index in [4.69, 9.17) is 9.84 Å². The van der Waals surface area contributed by atoms with Crippen LogP contribution in [0.2, 0.25) is 0 Å². The lowest BCUT2D eigenvalue weighted by molar-refractivity contribution is 0.0634. The van der Waals surface area contributed by atoms with Crippen LogP contribution in [0.1, 0.15) is 41.5 Å². The molecule has 0 saturated carbocycles. The number of aldehydes is 1. The highest BCUT2D eigenvalue weighted by atomic mass is 16.6. The van der Waals surface area contributed by atoms with Crippen molar-refractivity contribution in [1.29, 1.82) is 0 Å². The zero-order chi connectivity index (χ0) is 14.6. The number of aromatic nitrogens is 1. The highest BCUT2D eigenvalue weighted by molar-refractivity contribution is 5.95. The number of nitrogens with one attached hydrogen (secondary N) is 1. The predicted octanol–water partition coefficient (Wildman–Crippen LogP) is 1.94. The van der Waals surface area contributed by atoms with Gasteiger partial charge in [-0.25, -0.2) is 14.6 Å². The summed E-state index contributed by atoms with van der Waals surface area (Å²) < 4.78 is 5.00. The number of carbonyl (C=O) groups excluding carboxylic acids is 2. The standard InChI is InChI=1S/C12H14N2O5/c1-12(2,3)19-11(18)14-9-8(6-15)4-7(5-13-9)10(16)17/h4-6H,1-3H3,(H,16,17)(H,13,14,18). The molecule has 0 saturated heterocycles. The van der Waals surface area contributed by atoms with Gasteiger partial charge in [0.2, 0.25) is 0 Å². The summed E-state index contributed by atoms with van der Waals surface area (Å²) in [5, 5.41) is 11.1. The molecule has 7 nitrogen and oxygen atoms in total. The fourth-order valence-electron chi connectivity index (χ4n) is 1.19. The van der Waals surface area contributed by atoms with E-state index in [9.17, 15) is 14.4 Å². The lowest BCUT2D eigenvalue weighted by atomic mass is 10.2. The smallest absolute Gasteiger partial charge is 0.413 e. The number of pyridine rings is 1. The van der Waals surface area contributed by atoms with E-state index in [0.29, 0.717) is 6.29 Å². The SMILES string of the molecule is CC(C)(C)OC(=O)Nc1ncc(C(=O)O)cc1C=O. The molecule has 0 radical (unpaired) electrons. The van der Waals surface area contributed by atoms with Gasteiger partial charge in [-0.1, -0.05) is 0 Å². The first-order valence-electron chi connectivity index (χ1n) is 5.41. The number of rotatable bonds is 3. The number of ether oxygens (including phenoxy) is 1. The van der Waals surface area contributed by atoms with Gasteiger partial charge in [0, 0.05) is 6.20 Å². The average molecular weight is 266 g/mol. The average Bonchev–Trinajstić information content (AvgIpc) is 2.26. The van der Waals surface area contributed by atoms with Crippen LogP contribution in [0, 0.1) is 0 Å². The number of hydrogen-bond acceptors (Lipinski definition) is 5. The van der Waals surface area contributed by atoms with Crippen molar-refractivity contribution in [2.75, 3.05) is 5.32 Å². The topological polar surface area (TPSA) is 106 Å². The molecular weight excluding hydrogens is 252 g/mol. The van der Waals surface area contributed by atoms with E-state index < -0.39 is 17.7 Å². The molecule has 0 unspecified atom stereocenters. The molecule has 1 heterocycles. The first kappa shape index (κ1) is 14.6. The van der Waals surface area contributed by atoms with E-state index in [1.807, 2.05) is 0 Å². The molecule has 0 spiro atoms. The van der Waals surface area contributed by atoms with Crippen LogP contribution < -0.4 is 5.32 Å². The van der Waals surface area contributed by atoms with Gasteiger partial charge in [-0.15, -0.1) is 0 Å². The molecule has 1 aromatic heterocycles. The summed E-state index contributed by atoms with van der Waals surface area (Å²) >= 11 is 0. The minimum Gasteiger partial charge on any atom is -0.478 e. The first-order chi connectivity index (χ1) is 8.73. The van der Waals surface area contributed by atoms with Crippen molar-refractivity contribution >= 4 is 24.2 Å². The molecule has 0 aliphatic carbocycles. The van der Waals surface area contributed by atoms with E-state index >= 15 is 0 Å². The van der Waals surface area contributed by atoms with Crippen LogP contribution in [0.4, 0.5) is 10.6 Å². The van der Waals surface area contributed by atoms with Crippen molar-refractivity contribution in [3.63, 3.8) is 0 Å². The number of carbonyl (C=O) groups is 3. The predicted molar refractivity (Wildman–Crippen MR) is 66.4 cm³/mol. The fourth-order valence-corrected chi connectivity index (χ4v) is 1.19. The van der Waals surface area contributed by atoms with E-state index in [1.165, 1.54) is 0 Å². The van der Waals surface area contributed by atoms with E-state index in [0.717, 1.165) is 12.3 Å². The second-order valence-corrected chi connectivity index (χ2v) is 4.71. The molecule has 7 heteroatoms. The molecule has 19 heavy (non-hydrogen) atoms. The zero-order valence-corrected chi connectivity index (χ0v) is 10.8. The Bertz CT molecular complexity index is 519. The fraction of sp³-hybridized carbons (Fsp3) is 0.333. The highest BCUT2D eigenvalue weighted by Crippen LogP contribution is 2.14. The summed E-state index contributed by atoms with van der Waals surface area (Å²) in [5.74, 6) is -1.26. The van der Waals surface area contributed by atoms with Crippen LogP contribution in [-0.2, 0) is 4.74 Å². The van der Waals surface area contributed by atoms with Gasteiger partial charge in [0.1, 0.15) is 11.4 Å². The molecule has 0 fully saturated rings. The van der Waals surface area contributed by atoms with Crippen molar-refractivity contribution in [3.8, 4) is 0 Å². The summed E-state index contributed by atoms with van der Waals surface area (Å²) in [5.41, 5.74) is -0.866. The summed E-state index contributed by atoms with van der Waals surface area (Å²) in [6.07, 6.45) is 0.680. The second-order valence-electron chi connectivity index (χ2n) is 4.71. The Morgan fingerprint density at radius 3 is 2.53 bits per heavy atom. The molecule has 1 rings (SSSR count). The van der Waals surface area contributed by atoms with Gasteiger partial charge in [0.05, 0.1) is 11.1 Å². The quantitative estimate of drug-likeness (QED) is 0.810. The Hall–Kier alpha value is -2.44. The lowest BCUT2D eigenvalue weighted by Crippen LogP contribution is -2.28. The normalized spacial score (nSPS) is 10.7. The lowest BCUT2D eigenvalue weighted by Gasteiger charge is -2.19. The van der Waals surface area contributed by atoms with Crippen LogP contribution in [0.3, 0.4) is 0 Å². The zero-order valence-electron chi connectivity index (χ0n) is 10.8. The van der Waals surface area contributed by atoms with Crippen LogP contribution in [0.5, 0.6) is 0 Å². The highest BCUT2D eigenvalue weighted by Gasteiger charge is 2.18. The molecule has 0 bridgehead atoms. The van der Waals surface area contributed by atoms with Gasteiger partial charge in [-0.3, -0.25) is 10.1 Å². The Labute approximate surface area is 109 Å². The number of hydrogen-bond donors (Lipinski definition) is 2. The van der Waals surface area contributed by atoms with Crippen molar-refractivity contribution in [2.45, 2.75) is 26.4 Å². The van der Waals surface area contributed by atoms with Crippen molar-refractivity contribution in [2.24, 2.45) is 0 Å². The summed E-state index contributed by atoms with van der Waals surface area (Å²) in [4.78, 5) is 36.8. The van der Waals surface area contributed by atoms with Crippen molar-refractivity contribution in [1.82, 2.24) is 4.98 Å². The summed E-state index contributed by atoms with van der Waals surface area (Å²) in [7, 11) is 0. The maximum atomic E-state index is 11.5. The number of nitrogens with zero attached hydrogens (tertiary/aromatic N) is 1. The van der Waals surface area contributed by atoms with Crippen LogP contribution in [-0.4, -0.2) is 34.0 Å². The first-order valence-corrected chi connectivity index (χ1v) is 5.41. The molecule has 102 valence electrons. The summed E-state index contributed by atoms with van der Waals surface area (Å²) in [6, 6.07) is 1.12. The van der Waals surface area contributed by atoms with Gasteiger partial charge >= 0.3 is 12.1 Å². The third kappa shape index (κ3) is 4.38. The Morgan fingerprint density at radius 2 is 2.05 bits per heavy atom. The van der Waals surface area contributed by atoms with Crippen LogP contribution in [0.25, 0.3) is 0 Å². The van der Waals surface area contributed by atoms with Crippen molar-refractivity contribution in [3.05, 3.63) is 23.4 Å². The van der Waals surface area contributed by atoms with Crippen LogP contribution >= 0.6 is 0 Å². The van der Waals surface area contributed by atoms with Gasteiger partial charge in [0.15, 0.2) is 6.29 Å². The van der Waals surface area contributed by atoms with Gasteiger partial charge < -0.3 is 9.84 Å². The molecule has 0 aliphatic heterocycles. The Morgan fingerprint density at radius 1 is 1.42 bits per heavy atom. The van der Waals surface area contributed by atoms with E-state index in [2.05, 4.69) is 10.3 Å². The third-order valence-electron chi connectivity index (χ3n) is 1.91. The molecule has 0 aliphatic rings. The largest absolute Gasteiger partial charge is 0.478 e. The number of aromatic carboxylic acids is 1. The Balaban J connectivity index is 2.93. The van der Waals surface area contributed by atoms with Gasteiger partial charge in [-0.05, 0) is 26.8 Å². The minimum absolute atomic E-state index is 0.0363. The number of amides is 1.